The molecule has 0 saturated heterocycles. The molecule has 0 aliphatic heterocycles. The smallest absolute Gasteiger partial charge is 0.292 e. The lowest BCUT2D eigenvalue weighted by atomic mass is 10.1. The maximum Gasteiger partial charge on any atom is 0.292 e. The van der Waals surface area contributed by atoms with Crippen molar-refractivity contribution in [1.29, 1.82) is 0 Å². The molecule has 0 saturated carbocycles. The van der Waals surface area contributed by atoms with Gasteiger partial charge in [0.05, 0.1) is 16.2 Å². The Morgan fingerprint density at radius 1 is 1.20 bits per heavy atom. The van der Waals surface area contributed by atoms with E-state index >= 15 is 0 Å². The monoisotopic (exact) mass is 383 g/mol. The minimum atomic E-state index is -0.613. The zero-order valence-electron chi connectivity index (χ0n) is 10.2. The number of nitrogens with zero attached hydrogens (tertiary/aromatic N) is 1. The van der Waals surface area contributed by atoms with Crippen LogP contribution in [-0.2, 0) is 0 Å². The van der Waals surface area contributed by atoms with E-state index in [2.05, 4.69) is 27.9 Å². The summed E-state index contributed by atoms with van der Waals surface area (Å²) in [4.78, 5) is 22.3. The number of para-hydroxylation sites is 2. The van der Waals surface area contributed by atoms with Gasteiger partial charge in [-0.15, -0.1) is 0 Å². The van der Waals surface area contributed by atoms with E-state index in [1.165, 1.54) is 18.2 Å². The van der Waals surface area contributed by atoms with Crippen LogP contribution < -0.4 is 11.1 Å². The number of nitro groups is 1. The summed E-state index contributed by atoms with van der Waals surface area (Å²) < 4.78 is 0.863. The van der Waals surface area contributed by atoms with Gasteiger partial charge in [0, 0.05) is 9.64 Å². The van der Waals surface area contributed by atoms with Crippen LogP contribution in [0.5, 0.6) is 0 Å². The van der Waals surface area contributed by atoms with Crippen molar-refractivity contribution in [3.63, 3.8) is 0 Å². The van der Waals surface area contributed by atoms with Gasteiger partial charge in [-0.25, -0.2) is 0 Å². The molecule has 20 heavy (non-hydrogen) atoms. The third kappa shape index (κ3) is 2.87. The molecule has 0 unspecified atom stereocenters. The number of hydrogen-bond acceptors (Lipinski definition) is 4. The van der Waals surface area contributed by atoms with Crippen molar-refractivity contribution in [2.45, 2.75) is 0 Å². The molecule has 2 aromatic rings. The van der Waals surface area contributed by atoms with Gasteiger partial charge in [-0.05, 0) is 40.8 Å². The summed E-state index contributed by atoms with van der Waals surface area (Å²) in [5, 5.41) is 13.5. The molecule has 2 aromatic carbocycles. The molecule has 7 heteroatoms. The molecule has 0 fully saturated rings. The Bertz CT molecular complexity index is 688. The van der Waals surface area contributed by atoms with Gasteiger partial charge in [0.25, 0.3) is 11.6 Å². The molecule has 0 atom stereocenters. The molecular formula is C13H10IN3O3. The first-order valence-corrected chi connectivity index (χ1v) is 6.67. The fourth-order valence-corrected chi connectivity index (χ4v) is 2.18. The first-order valence-electron chi connectivity index (χ1n) is 5.59. The maximum absolute atomic E-state index is 12.1. The number of benzene rings is 2. The lowest BCUT2D eigenvalue weighted by molar-refractivity contribution is -0.383. The van der Waals surface area contributed by atoms with Crippen LogP contribution in [0.25, 0.3) is 0 Å². The normalized spacial score (nSPS) is 10.1. The fourth-order valence-electron chi connectivity index (χ4n) is 1.66. The van der Waals surface area contributed by atoms with Crippen molar-refractivity contribution in [2.24, 2.45) is 0 Å². The Labute approximate surface area is 128 Å². The van der Waals surface area contributed by atoms with Crippen LogP contribution in [0.15, 0.2) is 42.5 Å². The number of carbonyl (C=O) groups excluding carboxylic acids is 1. The molecule has 0 heterocycles. The SMILES string of the molecule is Nc1c(C(=O)Nc2ccccc2I)cccc1[N+](=O)[O-]. The van der Waals surface area contributed by atoms with Crippen molar-refractivity contribution >= 4 is 45.6 Å². The lowest BCUT2D eigenvalue weighted by Gasteiger charge is -2.09. The fraction of sp³-hybridized carbons (Fsp3) is 0. The molecule has 0 radical (unpaired) electrons. The van der Waals surface area contributed by atoms with Crippen molar-refractivity contribution in [3.8, 4) is 0 Å². The number of halogens is 1. The number of hydrogen-bond donors (Lipinski definition) is 2. The number of anilines is 2. The van der Waals surface area contributed by atoms with E-state index in [4.69, 9.17) is 5.73 Å². The average Bonchev–Trinajstić information content (AvgIpc) is 2.41. The Kier molecular flexibility index (Phi) is 4.18. The van der Waals surface area contributed by atoms with Crippen molar-refractivity contribution < 1.29 is 9.72 Å². The van der Waals surface area contributed by atoms with Gasteiger partial charge in [-0.1, -0.05) is 18.2 Å². The quantitative estimate of drug-likeness (QED) is 0.368. The molecule has 0 aliphatic rings. The summed E-state index contributed by atoms with van der Waals surface area (Å²) in [6.45, 7) is 0. The third-order valence-electron chi connectivity index (χ3n) is 2.65. The minimum Gasteiger partial charge on any atom is -0.393 e. The van der Waals surface area contributed by atoms with E-state index in [9.17, 15) is 14.9 Å². The Morgan fingerprint density at radius 2 is 1.90 bits per heavy atom. The summed E-state index contributed by atoms with van der Waals surface area (Å²) in [5.41, 5.74) is 5.97. The van der Waals surface area contributed by atoms with Crippen LogP contribution in [-0.4, -0.2) is 10.8 Å². The average molecular weight is 383 g/mol. The topological polar surface area (TPSA) is 98.3 Å². The number of rotatable bonds is 3. The lowest BCUT2D eigenvalue weighted by Crippen LogP contribution is -2.15. The standard InChI is InChI=1S/C13H10IN3O3/c14-9-5-1-2-6-10(9)16-13(18)8-4-3-7-11(12(8)15)17(19)20/h1-7H,15H2,(H,16,18). The molecule has 3 N–H and O–H groups in total. The first kappa shape index (κ1) is 14.3. The van der Waals surface area contributed by atoms with E-state index in [-0.39, 0.29) is 16.9 Å². The Balaban J connectivity index is 2.33. The second kappa shape index (κ2) is 5.87. The highest BCUT2D eigenvalue weighted by Crippen LogP contribution is 2.26. The highest BCUT2D eigenvalue weighted by atomic mass is 127. The van der Waals surface area contributed by atoms with E-state index in [0.29, 0.717) is 5.69 Å². The van der Waals surface area contributed by atoms with Gasteiger partial charge >= 0.3 is 0 Å². The highest BCUT2D eigenvalue weighted by molar-refractivity contribution is 14.1. The molecule has 2 rings (SSSR count). The van der Waals surface area contributed by atoms with E-state index in [1.807, 2.05) is 12.1 Å². The molecule has 0 bridgehead atoms. The second-order valence-electron chi connectivity index (χ2n) is 3.93. The van der Waals surface area contributed by atoms with Crippen LogP contribution in [0.2, 0.25) is 0 Å². The van der Waals surface area contributed by atoms with Gasteiger partial charge < -0.3 is 11.1 Å². The summed E-state index contributed by atoms with van der Waals surface area (Å²) in [6, 6.07) is 11.4. The van der Waals surface area contributed by atoms with Crippen LogP contribution in [0.4, 0.5) is 17.1 Å². The predicted molar refractivity (Wildman–Crippen MR) is 84.6 cm³/mol. The van der Waals surface area contributed by atoms with Gasteiger partial charge in [-0.3, -0.25) is 14.9 Å². The van der Waals surface area contributed by atoms with Crippen LogP contribution >= 0.6 is 22.6 Å². The van der Waals surface area contributed by atoms with Crippen molar-refractivity contribution in [1.82, 2.24) is 0 Å². The van der Waals surface area contributed by atoms with Gasteiger partial charge in [-0.2, -0.15) is 0 Å². The summed E-state index contributed by atoms with van der Waals surface area (Å²) >= 11 is 2.08. The van der Waals surface area contributed by atoms with Gasteiger partial charge in [0.2, 0.25) is 0 Å². The van der Waals surface area contributed by atoms with Crippen LogP contribution in [0.1, 0.15) is 10.4 Å². The maximum atomic E-state index is 12.1. The third-order valence-corrected chi connectivity index (χ3v) is 3.59. The molecule has 0 aromatic heterocycles. The van der Waals surface area contributed by atoms with E-state index < -0.39 is 10.8 Å². The van der Waals surface area contributed by atoms with E-state index in [1.54, 1.807) is 12.1 Å². The Morgan fingerprint density at radius 3 is 2.55 bits per heavy atom. The van der Waals surface area contributed by atoms with E-state index in [0.717, 1.165) is 3.57 Å². The molecule has 102 valence electrons. The highest BCUT2D eigenvalue weighted by Gasteiger charge is 2.19. The molecular weight excluding hydrogens is 373 g/mol. The number of nitrogens with one attached hydrogen (secondary N) is 1. The van der Waals surface area contributed by atoms with Gasteiger partial charge in [0.1, 0.15) is 5.69 Å². The van der Waals surface area contributed by atoms with Gasteiger partial charge in [0.15, 0.2) is 0 Å². The number of carbonyl (C=O) groups is 1. The number of nitrogen functional groups attached to an aromatic ring is 1. The largest absolute Gasteiger partial charge is 0.393 e. The Hall–Kier alpha value is -2.16. The zero-order valence-corrected chi connectivity index (χ0v) is 12.3. The second-order valence-corrected chi connectivity index (χ2v) is 5.09. The van der Waals surface area contributed by atoms with Crippen LogP contribution in [0, 0.1) is 13.7 Å². The molecule has 6 nitrogen and oxygen atoms in total. The number of nitro benzene ring substituents is 1. The molecule has 0 spiro atoms. The first-order chi connectivity index (χ1) is 9.50. The zero-order chi connectivity index (χ0) is 14.7. The van der Waals surface area contributed by atoms with Crippen molar-refractivity contribution in [3.05, 3.63) is 61.7 Å². The summed E-state index contributed by atoms with van der Waals surface area (Å²) in [7, 11) is 0. The molecule has 0 aliphatic carbocycles. The number of amides is 1. The number of nitrogens with two attached hydrogens (primary N) is 1. The van der Waals surface area contributed by atoms with Crippen LogP contribution in [0.3, 0.4) is 0 Å². The minimum absolute atomic E-state index is 0.0823. The predicted octanol–water partition coefficient (Wildman–Crippen LogP) is 3.03. The van der Waals surface area contributed by atoms with Crippen molar-refractivity contribution in [2.75, 3.05) is 11.1 Å². The molecule has 1 amide bonds. The summed E-state index contributed by atoms with van der Waals surface area (Å²) in [6.07, 6.45) is 0. The summed E-state index contributed by atoms with van der Waals surface area (Å²) in [5.74, 6) is -0.477.